The first kappa shape index (κ1) is 13.2. The van der Waals surface area contributed by atoms with Crippen LogP contribution < -0.4 is 0 Å². The van der Waals surface area contributed by atoms with Gasteiger partial charge in [-0.15, -0.1) is 0 Å². The van der Waals surface area contributed by atoms with Crippen molar-refractivity contribution in [3.63, 3.8) is 0 Å². The van der Waals surface area contributed by atoms with Crippen LogP contribution in [0.1, 0.15) is 18.2 Å². The van der Waals surface area contributed by atoms with Crippen LogP contribution in [0.5, 0.6) is 0 Å². The number of aromatic nitrogens is 3. The minimum atomic E-state index is 0.489. The summed E-state index contributed by atoms with van der Waals surface area (Å²) in [5.74, 6) is 3.93. The lowest BCUT2D eigenvalue weighted by Crippen LogP contribution is -2.07. The van der Waals surface area contributed by atoms with Gasteiger partial charge in [0.2, 0.25) is 0 Å². The molecular weight excluding hydrogens is 302 g/mol. The Morgan fingerprint density at radius 2 is 2.19 bits per heavy atom. The Labute approximate surface area is 132 Å². The van der Waals surface area contributed by atoms with Crippen molar-refractivity contribution >= 4 is 34.5 Å². The van der Waals surface area contributed by atoms with Gasteiger partial charge in [0.25, 0.3) is 0 Å². The van der Waals surface area contributed by atoms with E-state index < -0.39 is 0 Å². The van der Waals surface area contributed by atoms with Crippen molar-refractivity contribution in [2.24, 2.45) is 0 Å². The van der Waals surface area contributed by atoms with E-state index in [4.69, 9.17) is 16.6 Å². The zero-order valence-corrected chi connectivity index (χ0v) is 12.9. The second-order valence-corrected chi connectivity index (χ2v) is 6.78. The lowest BCUT2D eigenvalue weighted by atomic mass is 10.1. The van der Waals surface area contributed by atoms with E-state index in [1.165, 1.54) is 12.2 Å². The number of fused-ring (bicyclic) bond motifs is 1. The van der Waals surface area contributed by atoms with Crippen molar-refractivity contribution in [2.45, 2.75) is 12.3 Å². The largest absolute Gasteiger partial charge is 0.280 e. The molecule has 4 rings (SSSR count). The Kier molecular flexibility index (Phi) is 3.36. The second-order valence-electron chi connectivity index (χ2n) is 5.19. The van der Waals surface area contributed by atoms with Crippen LogP contribution in [0, 0.1) is 0 Å². The Hall–Kier alpha value is -1.52. The SMILES string of the molecule is Clc1cccc(-n2c(C3CCSC3)nc3cccnc32)c1. The standard InChI is InChI=1S/C16H14ClN3S/c17-12-3-1-4-13(9-12)20-15(11-6-8-21-10-11)19-14-5-2-7-18-16(14)20/h1-5,7,9,11H,6,8,10H2. The van der Waals surface area contributed by atoms with Crippen LogP contribution in [0.4, 0.5) is 0 Å². The third kappa shape index (κ3) is 2.32. The summed E-state index contributed by atoms with van der Waals surface area (Å²) in [6.45, 7) is 0. The average Bonchev–Trinajstić information content (AvgIpc) is 3.14. The van der Waals surface area contributed by atoms with Gasteiger partial charge in [-0.25, -0.2) is 9.97 Å². The van der Waals surface area contributed by atoms with Crippen LogP contribution in [0.3, 0.4) is 0 Å². The molecule has 1 aromatic carbocycles. The molecule has 0 aliphatic carbocycles. The minimum Gasteiger partial charge on any atom is -0.280 e. The van der Waals surface area contributed by atoms with E-state index in [9.17, 15) is 0 Å². The number of hydrogen-bond acceptors (Lipinski definition) is 3. The Morgan fingerprint density at radius 3 is 3.00 bits per heavy atom. The fraction of sp³-hybridized carbons (Fsp3) is 0.250. The number of rotatable bonds is 2. The number of benzene rings is 1. The van der Waals surface area contributed by atoms with Gasteiger partial charge in [0.1, 0.15) is 11.3 Å². The van der Waals surface area contributed by atoms with Crippen molar-refractivity contribution in [3.05, 3.63) is 53.4 Å². The summed E-state index contributed by atoms with van der Waals surface area (Å²) >= 11 is 8.16. The number of halogens is 1. The molecule has 0 bridgehead atoms. The summed E-state index contributed by atoms with van der Waals surface area (Å²) in [6, 6.07) is 11.9. The number of nitrogens with zero attached hydrogens (tertiary/aromatic N) is 3. The normalized spacial score (nSPS) is 18.4. The van der Waals surface area contributed by atoms with Crippen molar-refractivity contribution in [3.8, 4) is 5.69 Å². The van der Waals surface area contributed by atoms with Gasteiger partial charge in [-0.05, 0) is 42.5 Å². The molecule has 1 unspecified atom stereocenters. The third-order valence-corrected chi connectivity index (χ3v) is 5.20. The topological polar surface area (TPSA) is 30.7 Å². The van der Waals surface area contributed by atoms with E-state index in [1.807, 2.05) is 48.3 Å². The maximum absolute atomic E-state index is 6.17. The van der Waals surface area contributed by atoms with Crippen molar-refractivity contribution in [1.29, 1.82) is 0 Å². The maximum Gasteiger partial charge on any atom is 0.164 e. The summed E-state index contributed by atoms with van der Waals surface area (Å²) in [4.78, 5) is 9.37. The minimum absolute atomic E-state index is 0.489. The van der Waals surface area contributed by atoms with Gasteiger partial charge in [0.05, 0.1) is 5.69 Å². The molecule has 0 radical (unpaired) electrons. The molecule has 0 amide bonds. The first-order valence-corrected chi connectivity index (χ1v) is 8.53. The van der Waals surface area contributed by atoms with Crippen molar-refractivity contribution in [1.82, 2.24) is 14.5 Å². The summed E-state index contributed by atoms with van der Waals surface area (Å²) < 4.78 is 2.16. The molecule has 3 nitrogen and oxygen atoms in total. The van der Waals surface area contributed by atoms with Gasteiger partial charge >= 0.3 is 0 Å². The molecule has 0 saturated carbocycles. The molecule has 3 heterocycles. The number of pyridine rings is 1. The van der Waals surface area contributed by atoms with E-state index in [0.29, 0.717) is 5.92 Å². The van der Waals surface area contributed by atoms with Gasteiger partial charge in [-0.1, -0.05) is 17.7 Å². The molecule has 1 aliphatic rings. The predicted octanol–water partition coefficient (Wildman–Crippen LogP) is 4.29. The quantitative estimate of drug-likeness (QED) is 0.706. The van der Waals surface area contributed by atoms with Gasteiger partial charge in [-0.3, -0.25) is 4.57 Å². The highest BCUT2D eigenvalue weighted by atomic mass is 35.5. The predicted molar refractivity (Wildman–Crippen MR) is 88.6 cm³/mol. The monoisotopic (exact) mass is 315 g/mol. The maximum atomic E-state index is 6.17. The Bertz CT molecular complexity index is 793. The Morgan fingerprint density at radius 1 is 1.24 bits per heavy atom. The van der Waals surface area contributed by atoms with E-state index in [0.717, 1.165) is 33.5 Å². The zero-order chi connectivity index (χ0) is 14.2. The lowest BCUT2D eigenvalue weighted by molar-refractivity contribution is 0.705. The van der Waals surface area contributed by atoms with E-state index >= 15 is 0 Å². The molecule has 1 aliphatic heterocycles. The molecule has 3 aromatic rings. The molecule has 2 aromatic heterocycles. The lowest BCUT2D eigenvalue weighted by Gasteiger charge is -2.13. The summed E-state index contributed by atoms with van der Waals surface area (Å²) in [7, 11) is 0. The molecule has 0 N–H and O–H groups in total. The summed E-state index contributed by atoms with van der Waals surface area (Å²) in [5.41, 5.74) is 2.90. The number of thioether (sulfide) groups is 1. The van der Waals surface area contributed by atoms with Gasteiger partial charge < -0.3 is 0 Å². The molecule has 5 heteroatoms. The van der Waals surface area contributed by atoms with E-state index in [-0.39, 0.29) is 0 Å². The van der Waals surface area contributed by atoms with Crippen molar-refractivity contribution < 1.29 is 0 Å². The zero-order valence-electron chi connectivity index (χ0n) is 11.4. The molecule has 106 valence electrons. The van der Waals surface area contributed by atoms with Gasteiger partial charge in [-0.2, -0.15) is 11.8 Å². The molecule has 1 saturated heterocycles. The third-order valence-electron chi connectivity index (χ3n) is 3.80. The fourth-order valence-corrected chi connectivity index (χ4v) is 4.21. The molecule has 1 atom stereocenters. The number of imidazole rings is 1. The summed E-state index contributed by atoms with van der Waals surface area (Å²) in [6.07, 6.45) is 2.99. The molecule has 0 spiro atoms. The number of hydrogen-bond donors (Lipinski definition) is 0. The van der Waals surface area contributed by atoms with Crippen LogP contribution in [0.2, 0.25) is 5.02 Å². The highest BCUT2D eigenvalue weighted by Crippen LogP contribution is 2.35. The molecule has 21 heavy (non-hydrogen) atoms. The van der Waals surface area contributed by atoms with Crippen molar-refractivity contribution in [2.75, 3.05) is 11.5 Å². The fourth-order valence-electron chi connectivity index (χ4n) is 2.81. The highest BCUT2D eigenvalue weighted by molar-refractivity contribution is 7.99. The average molecular weight is 316 g/mol. The van der Waals surface area contributed by atoms with Crippen LogP contribution in [-0.2, 0) is 0 Å². The smallest absolute Gasteiger partial charge is 0.164 e. The van der Waals surface area contributed by atoms with Crippen LogP contribution in [0.15, 0.2) is 42.6 Å². The first-order valence-electron chi connectivity index (χ1n) is 7.00. The second kappa shape index (κ2) is 5.35. The molecular formula is C16H14ClN3S. The van der Waals surface area contributed by atoms with Crippen LogP contribution in [-0.4, -0.2) is 26.0 Å². The van der Waals surface area contributed by atoms with E-state index in [2.05, 4.69) is 15.6 Å². The summed E-state index contributed by atoms with van der Waals surface area (Å²) in [5, 5.41) is 0.733. The van der Waals surface area contributed by atoms with Crippen LogP contribution in [0.25, 0.3) is 16.9 Å². The van der Waals surface area contributed by atoms with Gasteiger partial charge in [0, 0.05) is 22.9 Å². The van der Waals surface area contributed by atoms with Crippen LogP contribution >= 0.6 is 23.4 Å². The Balaban J connectivity index is 1.98. The van der Waals surface area contributed by atoms with Gasteiger partial charge in [0.15, 0.2) is 5.65 Å². The van der Waals surface area contributed by atoms with E-state index in [1.54, 1.807) is 0 Å². The highest BCUT2D eigenvalue weighted by Gasteiger charge is 2.25. The molecule has 1 fully saturated rings. The first-order chi connectivity index (χ1) is 10.3.